The standard InChI is InChI=1S/C8H14O4S/c1-4-6(9)8(2,3)13(12)5-7(10)11/h4-5H2,1-3H3,(H,10,11). The van der Waals surface area contributed by atoms with Gasteiger partial charge in [0.05, 0.1) is 0 Å². The van der Waals surface area contributed by atoms with Gasteiger partial charge in [0.15, 0.2) is 10.5 Å². The Labute approximate surface area is 80.5 Å². The van der Waals surface area contributed by atoms with Gasteiger partial charge in [-0.25, -0.2) is 4.79 Å². The van der Waals surface area contributed by atoms with Crippen molar-refractivity contribution in [2.45, 2.75) is 31.9 Å². The Morgan fingerprint density at radius 2 is 1.92 bits per heavy atom. The third-order valence-corrected chi connectivity index (χ3v) is 3.69. The van der Waals surface area contributed by atoms with Gasteiger partial charge in [0, 0.05) is 6.42 Å². The lowest BCUT2D eigenvalue weighted by atomic mass is 10.1. The molecule has 0 aliphatic carbocycles. The number of aliphatic carboxylic acids is 1. The normalized spacial score (nSPS) is 13.8. The van der Waals surface area contributed by atoms with Crippen molar-refractivity contribution in [1.29, 1.82) is 0 Å². The van der Waals surface area contributed by atoms with E-state index in [-0.39, 0.29) is 12.2 Å². The lowest BCUT2D eigenvalue weighted by Gasteiger charge is -2.25. The molecule has 0 bridgehead atoms. The van der Waals surface area contributed by atoms with Crippen LogP contribution in [0.5, 0.6) is 0 Å². The number of Topliss-reactive ketones (excluding diaryl/α,β-unsaturated/α-hetero) is 1. The molecule has 0 aliphatic rings. The second-order valence-corrected chi connectivity index (χ2v) is 5.17. The number of ketones is 1. The van der Waals surface area contributed by atoms with Crippen molar-refractivity contribution in [3.8, 4) is 0 Å². The summed E-state index contributed by atoms with van der Waals surface area (Å²) in [6.45, 7) is 4.69. The van der Waals surface area contributed by atoms with Gasteiger partial charge in [-0.2, -0.15) is 0 Å². The van der Waals surface area contributed by atoms with E-state index in [4.69, 9.17) is 5.11 Å². The molecule has 0 amide bonds. The molecule has 5 heteroatoms. The number of carbonyl (C=O) groups excluding carboxylic acids is 1. The third-order valence-electron chi connectivity index (χ3n) is 1.82. The van der Waals surface area contributed by atoms with E-state index < -0.39 is 27.6 Å². The highest BCUT2D eigenvalue weighted by Crippen LogP contribution is 2.20. The highest BCUT2D eigenvalue weighted by atomic mass is 32.2. The van der Waals surface area contributed by atoms with Gasteiger partial charge in [-0.15, -0.1) is 0 Å². The van der Waals surface area contributed by atoms with E-state index in [1.165, 1.54) is 13.8 Å². The second kappa shape index (κ2) is 4.62. The average Bonchev–Trinajstić information content (AvgIpc) is 2.01. The maximum Gasteiger partial charge on any atom is 0.353 e. The van der Waals surface area contributed by atoms with E-state index in [0.29, 0.717) is 0 Å². The molecule has 0 spiro atoms. The van der Waals surface area contributed by atoms with Gasteiger partial charge in [-0.1, -0.05) is 6.92 Å². The molecule has 0 saturated heterocycles. The van der Waals surface area contributed by atoms with Crippen molar-refractivity contribution < 1.29 is 19.2 Å². The van der Waals surface area contributed by atoms with Crippen LogP contribution in [0.2, 0.25) is 0 Å². The highest BCUT2D eigenvalue weighted by molar-refractivity contribution is 7.94. The van der Waals surface area contributed by atoms with Crippen LogP contribution in [0.15, 0.2) is 0 Å². The fraction of sp³-hybridized carbons (Fsp3) is 0.750. The van der Waals surface area contributed by atoms with Crippen LogP contribution in [0.25, 0.3) is 0 Å². The Morgan fingerprint density at radius 3 is 2.23 bits per heavy atom. The van der Waals surface area contributed by atoms with Crippen LogP contribution in [0.1, 0.15) is 27.2 Å². The van der Waals surface area contributed by atoms with Gasteiger partial charge in [-0.05, 0) is 25.0 Å². The monoisotopic (exact) mass is 206 g/mol. The van der Waals surface area contributed by atoms with Crippen LogP contribution in [0.3, 0.4) is 0 Å². The quantitative estimate of drug-likeness (QED) is 0.667. The molecule has 4 nitrogen and oxygen atoms in total. The molecular weight excluding hydrogens is 192 g/mol. The van der Waals surface area contributed by atoms with Gasteiger partial charge in [0.1, 0.15) is 0 Å². The molecule has 0 radical (unpaired) electrons. The fourth-order valence-electron chi connectivity index (χ4n) is 0.845. The molecule has 13 heavy (non-hydrogen) atoms. The van der Waals surface area contributed by atoms with E-state index in [9.17, 15) is 14.1 Å². The SMILES string of the molecule is CCC(=O)C(C)(C)[S+]([O-])CC(=O)O. The maximum absolute atomic E-state index is 11.4. The van der Waals surface area contributed by atoms with Crippen molar-refractivity contribution in [3.05, 3.63) is 0 Å². The van der Waals surface area contributed by atoms with Gasteiger partial charge in [0.25, 0.3) is 0 Å². The number of rotatable bonds is 5. The number of hydrogen-bond donors (Lipinski definition) is 1. The van der Waals surface area contributed by atoms with Crippen LogP contribution in [-0.4, -0.2) is 31.9 Å². The molecule has 0 aromatic carbocycles. The summed E-state index contributed by atoms with van der Waals surface area (Å²) in [4.78, 5) is 21.5. The molecule has 1 N–H and O–H groups in total. The molecular formula is C8H14O4S. The molecule has 0 saturated carbocycles. The van der Waals surface area contributed by atoms with Crippen LogP contribution in [0, 0.1) is 0 Å². The van der Waals surface area contributed by atoms with E-state index >= 15 is 0 Å². The molecule has 0 aromatic heterocycles. The minimum atomic E-state index is -1.64. The minimum absolute atomic E-state index is 0.174. The molecule has 1 atom stereocenters. The van der Waals surface area contributed by atoms with E-state index in [1.54, 1.807) is 6.92 Å². The molecule has 0 aliphatic heterocycles. The number of carboxylic acids is 1. The largest absolute Gasteiger partial charge is 0.615 e. The number of hydrogen-bond acceptors (Lipinski definition) is 3. The summed E-state index contributed by atoms with van der Waals surface area (Å²) in [5.41, 5.74) is 0. The molecule has 1 unspecified atom stereocenters. The minimum Gasteiger partial charge on any atom is -0.615 e. The molecule has 0 rings (SSSR count). The Morgan fingerprint density at radius 1 is 1.46 bits per heavy atom. The van der Waals surface area contributed by atoms with E-state index in [2.05, 4.69) is 0 Å². The summed E-state index contributed by atoms with van der Waals surface area (Å²) in [5.74, 6) is -1.79. The number of carbonyl (C=O) groups is 2. The molecule has 76 valence electrons. The fourth-order valence-corrected chi connectivity index (χ4v) is 1.83. The third kappa shape index (κ3) is 3.36. The molecule has 0 heterocycles. The highest BCUT2D eigenvalue weighted by Gasteiger charge is 2.39. The van der Waals surface area contributed by atoms with E-state index in [0.717, 1.165) is 0 Å². The Balaban J connectivity index is 4.43. The summed E-state index contributed by atoms with van der Waals surface area (Å²) in [6.07, 6.45) is 0.276. The Kier molecular flexibility index (Phi) is 4.43. The molecule has 0 fully saturated rings. The Hall–Kier alpha value is -0.550. The van der Waals surface area contributed by atoms with Crippen molar-refractivity contribution in [1.82, 2.24) is 0 Å². The first-order valence-electron chi connectivity index (χ1n) is 3.96. The lowest BCUT2D eigenvalue weighted by molar-refractivity contribution is -0.134. The van der Waals surface area contributed by atoms with Gasteiger partial charge < -0.3 is 9.66 Å². The zero-order chi connectivity index (χ0) is 10.6. The van der Waals surface area contributed by atoms with Crippen LogP contribution in [0.4, 0.5) is 0 Å². The van der Waals surface area contributed by atoms with Crippen molar-refractivity contribution in [2.24, 2.45) is 0 Å². The Bertz CT molecular complexity index is 212. The first-order chi connectivity index (χ1) is 5.82. The van der Waals surface area contributed by atoms with Crippen molar-refractivity contribution in [2.75, 3.05) is 5.75 Å². The smallest absolute Gasteiger partial charge is 0.353 e. The molecule has 0 aromatic rings. The summed E-state index contributed by atoms with van der Waals surface area (Å²) in [5, 5.41) is 8.40. The van der Waals surface area contributed by atoms with Crippen LogP contribution < -0.4 is 0 Å². The first-order valence-corrected chi connectivity index (χ1v) is 5.27. The second-order valence-electron chi connectivity index (χ2n) is 3.17. The lowest BCUT2D eigenvalue weighted by Crippen LogP contribution is -2.43. The van der Waals surface area contributed by atoms with Gasteiger partial charge in [0.2, 0.25) is 5.75 Å². The topological polar surface area (TPSA) is 77.4 Å². The maximum atomic E-state index is 11.4. The van der Waals surface area contributed by atoms with Crippen molar-refractivity contribution in [3.63, 3.8) is 0 Å². The van der Waals surface area contributed by atoms with Crippen LogP contribution in [-0.2, 0) is 20.8 Å². The average molecular weight is 206 g/mol. The van der Waals surface area contributed by atoms with Crippen LogP contribution >= 0.6 is 0 Å². The zero-order valence-corrected chi connectivity index (χ0v) is 8.81. The number of carboxylic acid groups (broad SMARTS) is 1. The predicted octanol–water partition coefficient (Wildman–Crippen LogP) is 0.577. The summed E-state index contributed by atoms with van der Waals surface area (Å²) in [7, 11) is 0. The van der Waals surface area contributed by atoms with Crippen molar-refractivity contribution >= 4 is 22.9 Å². The summed E-state index contributed by atoms with van der Waals surface area (Å²) in [6, 6.07) is 0. The summed E-state index contributed by atoms with van der Waals surface area (Å²) >= 11 is -1.64. The zero-order valence-electron chi connectivity index (χ0n) is 7.99. The van der Waals surface area contributed by atoms with Gasteiger partial charge in [-0.3, -0.25) is 4.79 Å². The summed E-state index contributed by atoms with van der Waals surface area (Å²) < 4.78 is 10.3. The first kappa shape index (κ1) is 12.4. The van der Waals surface area contributed by atoms with E-state index in [1.807, 2.05) is 0 Å². The van der Waals surface area contributed by atoms with Gasteiger partial charge >= 0.3 is 5.97 Å². The predicted molar refractivity (Wildman–Crippen MR) is 50.0 cm³/mol.